The first-order valence-corrected chi connectivity index (χ1v) is 30.7. The van der Waals surface area contributed by atoms with E-state index in [-0.39, 0.29) is 0 Å². The van der Waals surface area contributed by atoms with E-state index in [9.17, 15) is 0 Å². The first kappa shape index (κ1) is 48.9. The molecule has 418 valence electrons. The van der Waals surface area contributed by atoms with Crippen LogP contribution in [0.25, 0.3) is 177 Å². The van der Waals surface area contributed by atoms with Crippen LogP contribution in [0.3, 0.4) is 0 Å². The summed E-state index contributed by atoms with van der Waals surface area (Å²) in [5.74, 6) is 2.14. The van der Waals surface area contributed by atoms with E-state index in [1.54, 1.807) is 0 Å². The highest BCUT2D eigenvalue weighted by atomic mass is 15.2. The quantitative estimate of drug-likeness (QED) is 0.160. The molecular formula is C82H50N8. The summed E-state index contributed by atoms with van der Waals surface area (Å²) in [5, 5.41) is 14.2. The van der Waals surface area contributed by atoms with Gasteiger partial charge in [0.1, 0.15) is 11.6 Å². The molecule has 0 unspecified atom stereocenters. The number of benzene rings is 13. The number of rotatable bonds is 7. The Balaban J connectivity index is 0.869. The van der Waals surface area contributed by atoms with Crippen LogP contribution in [0.5, 0.6) is 0 Å². The average Bonchev–Trinajstić information content (AvgIpc) is 1.61. The lowest BCUT2D eigenvalue weighted by Gasteiger charge is -2.15. The largest absolute Gasteiger partial charge is 0.309 e. The molecule has 13 aromatic carbocycles. The molecule has 8 heteroatoms. The topological polar surface area (TPSA) is 55.4 Å². The van der Waals surface area contributed by atoms with Crippen LogP contribution in [0.2, 0.25) is 0 Å². The number of aromatic nitrogens is 8. The minimum absolute atomic E-state index is 0.626. The fourth-order valence-corrected chi connectivity index (χ4v) is 15.2. The van der Waals surface area contributed by atoms with Gasteiger partial charge in [0.2, 0.25) is 0 Å². The summed E-state index contributed by atoms with van der Waals surface area (Å²) in [6.45, 7) is 0. The number of para-hydroxylation sites is 8. The summed E-state index contributed by atoms with van der Waals surface area (Å²) in [4.78, 5) is 11.3. The smallest absolute Gasteiger partial charge is 0.163 e. The van der Waals surface area contributed by atoms with Crippen LogP contribution in [-0.4, -0.2) is 37.4 Å². The lowest BCUT2D eigenvalue weighted by atomic mass is 10.1. The molecule has 0 aliphatic rings. The van der Waals surface area contributed by atoms with Crippen LogP contribution in [0.4, 0.5) is 0 Å². The van der Waals surface area contributed by atoms with E-state index < -0.39 is 0 Å². The molecule has 0 bridgehead atoms. The van der Waals surface area contributed by atoms with Gasteiger partial charge in [-0.25, -0.2) is 9.97 Å². The van der Waals surface area contributed by atoms with E-state index in [0.717, 1.165) is 128 Å². The summed E-state index contributed by atoms with van der Waals surface area (Å²) in [5.41, 5.74) is 18.7. The number of hydrogen-bond acceptors (Lipinski definition) is 2. The monoisotopic (exact) mass is 1150 g/mol. The summed E-state index contributed by atoms with van der Waals surface area (Å²) >= 11 is 0. The van der Waals surface area contributed by atoms with Crippen molar-refractivity contribution in [1.82, 2.24) is 37.4 Å². The lowest BCUT2D eigenvalue weighted by Crippen LogP contribution is -2.06. The van der Waals surface area contributed by atoms with Crippen molar-refractivity contribution >= 4 is 131 Å². The molecule has 20 aromatic rings. The van der Waals surface area contributed by atoms with E-state index in [1.807, 2.05) is 0 Å². The summed E-state index contributed by atoms with van der Waals surface area (Å²) in [6.07, 6.45) is 0. The third-order valence-electron chi connectivity index (χ3n) is 19.0. The highest BCUT2D eigenvalue weighted by Gasteiger charge is 2.24. The zero-order chi connectivity index (χ0) is 58.7. The summed E-state index contributed by atoms with van der Waals surface area (Å²) in [7, 11) is 0. The van der Waals surface area contributed by atoms with E-state index in [1.165, 1.54) is 43.1 Å². The second-order valence-corrected chi connectivity index (χ2v) is 23.7. The molecule has 90 heavy (non-hydrogen) atoms. The molecular weight excluding hydrogens is 1100 g/mol. The van der Waals surface area contributed by atoms with E-state index in [4.69, 9.17) is 9.97 Å². The van der Waals surface area contributed by atoms with Crippen molar-refractivity contribution in [3.05, 3.63) is 303 Å². The van der Waals surface area contributed by atoms with Crippen molar-refractivity contribution in [2.75, 3.05) is 0 Å². The van der Waals surface area contributed by atoms with Gasteiger partial charge in [-0.05, 0) is 121 Å². The molecule has 0 fully saturated rings. The molecule has 0 spiro atoms. The summed E-state index contributed by atoms with van der Waals surface area (Å²) in [6, 6.07) is 111. The van der Waals surface area contributed by atoms with Crippen LogP contribution in [0.1, 0.15) is 0 Å². The molecule has 0 aliphatic heterocycles. The van der Waals surface area contributed by atoms with Gasteiger partial charge in [0.15, 0.2) is 5.82 Å². The minimum Gasteiger partial charge on any atom is -0.309 e. The first-order valence-electron chi connectivity index (χ1n) is 30.7. The second-order valence-electron chi connectivity index (χ2n) is 23.7. The Morgan fingerprint density at radius 1 is 0.167 bits per heavy atom. The fourth-order valence-electron chi connectivity index (χ4n) is 15.2. The SMILES string of the molecule is c1ccc(-c2nc(-n3c4ccc(-n5c6ccccc6c6ccccc65)cc4c4cc(-n5c6ccccc6c6ccccc65)ccc43)cc(-n3c4ccc(-n5c6ccccc6c6ccccc65)cc4c4cc(-n5c6ccccc6c6ccccc65)ccc43)n2)cc1. The van der Waals surface area contributed by atoms with Crippen LogP contribution in [0, 0.1) is 0 Å². The van der Waals surface area contributed by atoms with Crippen molar-refractivity contribution in [3.63, 3.8) is 0 Å². The van der Waals surface area contributed by atoms with Crippen molar-refractivity contribution < 1.29 is 0 Å². The number of nitrogens with zero attached hydrogens (tertiary/aromatic N) is 8. The third kappa shape index (κ3) is 6.89. The van der Waals surface area contributed by atoms with Crippen LogP contribution in [-0.2, 0) is 0 Å². The van der Waals surface area contributed by atoms with Crippen molar-refractivity contribution in [3.8, 4) is 45.8 Å². The number of fused-ring (bicyclic) bond motifs is 18. The van der Waals surface area contributed by atoms with Crippen LogP contribution in [0.15, 0.2) is 303 Å². The Hall–Kier alpha value is -12.3. The van der Waals surface area contributed by atoms with Gasteiger partial charge < -0.3 is 18.3 Å². The Morgan fingerprint density at radius 2 is 0.378 bits per heavy atom. The molecule has 8 nitrogen and oxygen atoms in total. The third-order valence-corrected chi connectivity index (χ3v) is 19.0. The molecule has 7 aromatic heterocycles. The Kier molecular flexibility index (Phi) is 10.1. The maximum Gasteiger partial charge on any atom is 0.163 e. The second kappa shape index (κ2) is 18.6. The van der Waals surface area contributed by atoms with Crippen molar-refractivity contribution in [2.24, 2.45) is 0 Å². The molecule has 0 saturated heterocycles. The van der Waals surface area contributed by atoms with Gasteiger partial charge in [0.05, 0.1) is 66.2 Å². The highest BCUT2D eigenvalue weighted by Crippen LogP contribution is 2.43. The van der Waals surface area contributed by atoms with E-state index in [2.05, 4.69) is 331 Å². The maximum absolute atomic E-state index is 5.66. The lowest BCUT2D eigenvalue weighted by molar-refractivity contribution is 0.993. The van der Waals surface area contributed by atoms with Crippen molar-refractivity contribution in [2.45, 2.75) is 0 Å². The Labute approximate surface area is 514 Å². The fraction of sp³-hybridized carbons (Fsp3) is 0. The zero-order valence-electron chi connectivity index (χ0n) is 48.4. The molecule has 0 saturated carbocycles. The van der Waals surface area contributed by atoms with E-state index >= 15 is 0 Å². The molecule has 20 rings (SSSR count). The van der Waals surface area contributed by atoms with Gasteiger partial charge >= 0.3 is 0 Å². The summed E-state index contributed by atoms with van der Waals surface area (Å²) < 4.78 is 14.4. The van der Waals surface area contributed by atoms with Crippen LogP contribution < -0.4 is 0 Å². The molecule has 0 N–H and O–H groups in total. The zero-order valence-corrected chi connectivity index (χ0v) is 48.4. The predicted molar refractivity (Wildman–Crippen MR) is 374 cm³/mol. The van der Waals surface area contributed by atoms with Gasteiger partial charge in [-0.1, -0.05) is 176 Å². The Morgan fingerprint density at radius 3 is 0.622 bits per heavy atom. The standard InChI is InChI=1S/C82H50N8/c1-2-20-51(21-3-1)82-83-80(89-76-42-38-52(85-68-30-12-4-22-56(68)57-23-5-13-31-69(57)85)46-64(76)65-47-53(39-43-77(65)89)86-70-32-14-6-24-58(70)59-25-7-15-33-71(59)86)50-81(84-82)90-78-44-40-54(87-72-34-16-8-26-60(72)61-27-9-17-35-73(61)87)48-66(78)67-49-55(41-45-79(67)90)88-74-36-18-10-28-62(74)63-29-11-19-37-75(63)88/h1-50H. The molecule has 0 aliphatic carbocycles. The van der Waals surface area contributed by atoms with Crippen molar-refractivity contribution in [1.29, 1.82) is 0 Å². The van der Waals surface area contributed by atoms with Gasteiger partial charge in [-0.3, -0.25) is 9.13 Å². The Bertz CT molecular complexity index is 5500. The molecule has 0 amide bonds. The normalized spacial score (nSPS) is 12.2. The molecule has 0 radical (unpaired) electrons. The maximum atomic E-state index is 5.66. The van der Waals surface area contributed by atoms with Gasteiger partial charge in [0, 0.05) is 99.0 Å². The number of hydrogen-bond donors (Lipinski definition) is 0. The van der Waals surface area contributed by atoms with Gasteiger partial charge in [-0.15, -0.1) is 0 Å². The molecule has 0 atom stereocenters. The van der Waals surface area contributed by atoms with Crippen LogP contribution >= 0.6 is 0 Å². The van der Waals surface area contributed by atoms with Gasteiger partial charge in [0.25, 0.3) is 0 Å². The highest BCUT2D eigenvalue weighted by molar-refractivity contribution is 6.17. The first-order chi connectivity index (χ1) is 44.7. The van der Waals surface area contributed by atoms with E-state index in [0.29, 0.717) is 5.82 Å². The van der Waals surface area contributed by atoms with Gasteiger partial charge in [-0.2, -0.15) is 0 Å². The average molecular weight is 1150 g/mol. The predicted octanol–water partition coefficient (Wildman–Crippen LogP) is 20.7. The molecule has 7 heterocycles. The minimum atomic E-state index is 0.626.